The van der Waals surface area contributed by atoms with E-state index in [9.17, 15) is 0 Å². The summed E-state index contributed by atoms with van der Waals surface area (Å²) in [6.45, 7) is 2.66. The number of benzene rings is 1. The molecule has 0 fully saturated rings. The summed E-state index contributed by atoms with van der Waals surface area (Å²) in [5.74, 6) is 1.04. The van der Waals surface area contributed by atoms with Crippen LogP contribution in [0.2, 0.25) is 0 Å². The standard InChI is InChI=1S/C13H16BrN3/c1-9-13(10-5-3-4-6-11(10)14)17(2)12(16-9)7-8-15/h3-6H,7-8,15H2,1-2H3. The van der Waals surface area contributed by atoms with Gasteiger partial charge in [-0.15, -0.1) is 0 Å². The summed E-state index contributed by atoms with van der Waals surface area (Å²) >= 11 is 3.58. The number of aryl methyl sites for hydroxylation is 1. The minimum absolute atomic E-state index is 0.625. The summed E-state index contributed by atoms with van der Waals surface area (Å²) in [6, 6.07) is 8.19. The molecule has 0 unspecified atom stereocenters. The molecule has 3 nitrogen and oxygen atoms in total. The lowest BCUT2D eigenvalue weighted by atomic mass is 10.1. The Kier molecular flexibility index (Phi) is 3.64. The van der Waals surface area contributed by atoms with E-state index in [4.69, 9.17) is 5.73 Å². The number of imidazole rings is 1. The Morgan fingerprint density at radius 1 is 1.35 bits per heavy atom. The van der Waals surface area contributed by atoms with Gasteiger partial charge in [-0.3, -0.25) is 0 Å². The average Bonchev–Trinajstić information content (AvgIpc) is 2.57. The summed E-state index contributed by atoms with van der Waals surface area (Å²) in [6.07, 6.45) is 0.807. The third-order valence-electron chi connectivity index (χ3n) is 2.86. The second kappa shape index (κ2) is 5.02. The fourth-order valence-electron chi connectivity index (χ4n) is 2.07. The quantitative estimate of drug-likeness (QED) is 0.945. The number of hydrogen-bond donors (Lipinski definition) is 1. The average molecular weight is 294 g/mol. The Hall–Kier alpha value is -1.13. The van der Waals surface area contributed by atoms with Gasteiger partial charge in [0.25, 0.3) is 0 Å². The maximum atomic E-state index is 5.59. The van der Waals surface area contributed by atoms with E-state index < -0.39 is 0 Å². The van der Waals surface area contributed by atoms with Crippen LogP contribution in [0.15, 0.2) is 28.7 Å². The van der Waals surface area contributed by atoms with E-state index in [1.54, 1.807) is 0 Å². The zero-order valence-corrected chi connectivity index (χ0v) is 11.7. The Balaban J connectivity index is 2.56. The summed E-state index contributed by atoms with van der Waals surface area (Å²) in [4.78, 5) is 4.58. The topological polar surface area (TPSA) is 43.8 Å². The highest BCUT2D eigenvalue weighted by atomic mass is 79.9. The molecular formula is C13H16BrN3. The first-order valence-corrected chi connectivity index (χ1v) is 6.41. The van der Waals surface area contributed by atoms with Crippen molar-refractivity contribution in [1.82, 2.24) is 9.55 Å². The second-order valence-electron chi connectivity index (χ2n) is 4.04. The van der Waals surface area contributed by atoms with Gasteiger partial charge in [0.15, 0.2) is 0 Å². The Bertz CT molecular complexity index is 531. The fraction of sp³-hybridized carbons (Fsp3) is 0.308. The van der Waals surface area contributed by atoms with Gasteiger partial charge in [-0.2, -0.15) is 0 Å². The maximum Gasteiger partial charge on any atom is 0.110 e. The molecule has 2 rings (SSSR count). The zero-order chi connectivity index (χ0) is 12.4. The molecule has 0 aliphatic heterocycles. The molecule has 4 heteroatoms. The van der Waals surface area contributed by atoms with Crippen LogP contribution in [0.3, 0.4) is 0 Å². The number of nitrogens with zero attached hydrogens (tertiary/aromatic N) is 2. The lowest BCUT2D eigenvalue weighted by Gasteiger charge is -2.08. The fourth-order valence-corrected chi connectivity index (χ4v) is 2.55. The van der Waals surface area contributed by atoms with Gasteiger partial charge in [-0.1, -0.05) is 34.1 Å². The molecule has 90 valence electrons. The van der Waals surface area contributed by atoms with Crippen LogP contribution >= 0.6 is 15.9 Å². The van der Waals surface area contributed by atoms with Gasteiger partial charge in [0.1, 0.15) is 5.82 Å². The lowest BCUT2D eigenvalue weighted by Crippen LogP contribution is -2.08. The summed E-state index contributed by atoms with van der Waals surface area (Å²) in [5.41, 5.74) is 8.96. The van der Waals surface area contributed by atoms with Crippen molar-refractivity contribution in [2.75, 3.05) is 6.54 Å². The van der Waals surface area contributed by atoms with E-state index in [1.807, 2.05) is 32.2 Å². The normalized spacial score (nSPS) is 10.8. The van der Waals surface area contributed by atoms with Gasteiger partial charge >= 0.3 is 0 Å². The Labute approximate surface area is 110 Å². The van der Waals surface area contributed by atoms with Crippen molar-refractivity contribution in [3.63, 3.8) is 0 Å². The van der Waals surface area contributed by atoms with Crippen LogP contribution in [-0.4, -0.2) is 16.1 Å². The van der Waals surface area contributed by atoms with E-state index in [0.29, 0.717) is 6.54 Å². The monoisotopic (exact) mass is 293 g/mol. The molecule has 0 bridgehead atoms. The van der Waals surface area contributed by atoms with Gasteiger partial charge in [0, 0.05) is 23.5 Å². The molecule has 0 amide bonds. The van der Waals surface area contributed by atoms with E-state index >= 15 is 0 Å². The number of rotatable bonds is 3. The minimum atomic E-state index is 0.625. The summed E-state index contributed by atoms with van der Waals surface area (Å²) in [5, 5.41) is 0. The molecule has 1 heterocycles. The molecule has 0 saturated carbocycles. The highest BCUT2D eigenvalue weighted by molar-refractivity contribution is 9.10. The molecule has 0 radical (unpaired) electrons. The van der Waals surface area contributed by atoms with Gasteiger partial charge < -0.3 is 10.3 Å². The smallest absolute Gasteiger partial charge is 0.110 e. The van der Waals surface area contributed by atoms with E-state index in [1.165, 1.54) is 5.56 Å². The van der Waals surface area contributed by atoms with Crippen LogP contribution < -0.4 is 5.73 Å². The van der Waals surface area contributed by atoms with E-state index in [-0.39, 0.29) is 0 Å². The van der Waals surface area contributed by atoms with Crippen LogP contribution in [0.5, 0.6) is 0 Å². The highest BCUT2D eigenvalue weighted by Crippen LogP contribution is 2.30. The molecule has 1 aromatic heterocycles. The van der Waals surface area contributed by atoms with Gasteiger partial charge in [0.05, 0.1) is 11.4 Å². The van der Waals surface area contributed by atoms with Crippen LogP contribution in [0.4, 0.5) is 0 Å². The number of hydrogen-bond acceptors (Lipinski definition) is 2. The number of nitrogens with two attached hydrogens (primary N) is 1. The third kappa shape index (κ3) is 2.28. The molecular weight excluding hydrogens is 278 g/mol. The second-order valence-corrected chi connectivity index (χ2v) is 4.89. The van der Waals surface area contributed by atoms with Crippen LogP contribution in [0.1, 0.15) is 11.5 Å². The molecule has 0 atom stereocenters. The molecule has 17 heavy (non-hydrogen) atoms. The van der Waals surface area contributed by atoms with Gasteiger partial charge in [-0.25, -0.2) is 4.98 Å². The number of halogens is 1. The Morgan fingerprint density at radius 2 is 2.06 bits per heavy atom. The molecule has 0 spiro atoms. The first kappa shape index (κ1) is 12.3. The molecule has 0 saturated heterocycles. The minimum Gasteiger partial charge on any atom is -0.331 e. The molecule has 2 N–H and O–H groups in total. The van der Waals surface area contributed by atoms with Crippen molar-refractivity contribution in [2.45, 2.75) is 13.3 Å². The van der Waals surface area contributed by atoms with Crippen molar-refractivity contribution in [3.05, 3.63) is 40.3 Å². The molecule has 1 aromatic carbocycles. The molecule has 0 aliphatic rings. The highest BCUT2D eigenvalue weighted by Gasteiger charge is 2.14. The first-order valence-electron chi connectivity index (χ1n) is 5.62. The van der Waals surface area contributed by atoms with Gasteiger partial charge in [0.2, 0.25) is 0 Å². The predicted molar refractivity (Wildman–Crippen MR) is 73.8 cm³/mol. The van der Waals surface area contributed by atoms with Crippen molar-refractivity contribution in [3.8, 4) is 11.3 Å². The van der Waals surface area contributed by atoms with Gasteiger partial charge in [-0.05, 0) is 19.5 Å². The lowest BCUT2D eigenvalue weighted by molar-refractivity contribution is 0.781. The molecule has 2 aromatic rings. The largest absolute Gasteiger partial charge is 0.331 e. The maximum absolute atomic E-state index is 5.59. The zero-order valence-electron chi connectivity index (χ0n) is 10.1. The van der Waals surface area contributed by atoms with Crippen molar-refractivity contribution < 1.29 is 0 Å². The van der Waals surface area contributed by atoms with Crippen molar-refractivity contribution in [2.24, 2.45) is 12.8 Å². The third-order valence-corrected chi connectivity index (χ3v) is 3.55. The first-order chi connectivity index (χ1) is 8.15. The summed E-state index contributed by atoms with van der Waals surface area (Å²) < 4.78 is 3.22. The van der Waals surface area contributed by atoms with E-state index in [2.05, 4.69) is 31.5 Å². The molecule has 0 aliphatic carbocycles. The SMILES string of the molecule is Cc1nc(CCN)n(C)c1-c1ccccc1Br. The summed E-state index contributed by atoms with van der Waals surface area (Å²) in [7, 11) is 2.04. The van der Waals surface area contributed by atoms with E-state index in [0.717, 1.165) is 28.1 Å². The van der Waals surface area contributed by atoms with Crippen LogP contribution in [-0.2, 0) is 13.5 Å². The van der Waals surface area contributed by atoms with Crippen LogP contribution in [0.25, 0.3) is 11.3 Å². The van der Waals surface area contributed by atoms with Crippen LogP contribution in [0, 0.1) is 6.92 Å². The van der Waals surface area contributed by atoms with Crippen molar-refractivity contribution in [1.29, 1.82) is 0 Å². The Morgan fingerprint density at radius 3 is 2.71 bits per heavy atom. The van der Waals surface area contributed by atoms with Crippen molar-refractivity contribution >= 4 is 15.9 Å². The predicted octanol–water partition coefficient (Wildman–Crippen LogP) is 2.66. The number of aromatic nitrogens is 2.